The highest BCUT2D eigenvalue weighted by atomic mass is 16.3. The lowest BCUT2D eigenvalue weighted by atomic mass is 9.94. The Balaban J connectivity index is 1.85. The summed E-state index contributed by atoms with van der Waals surface area (Å²) in [6, 6.07) is 19.4. The van der Waals surface area contributed by atoms with Crippen LogP contribution in [0.15, 0.2) is 83.0 Å². The van der Waals surface area contributed by atoms with E-state index in [-0.39, 0.29) is 17.9 Å². The Morgan fingerprint density at radius 2 is 1.72 bits per heavy atom. The van der Waals surface area contributed by atoms with E-state index in [1.165, 1.54) is 11.2 Å². The molecule has 0 spiro atoms. The van der Waals surface area contributed by atoms with Gasteiger partial charge in [0, 0.05) is 5.56 Å². The molecule has 1 amide bonds. The number of rotatable bonds is 5. The van der Waals surface area contributed by atoms with Gasteiger partial charge < -0.3 is 14.4 Å². The largest absolute Gasteiger partial charge is 0.507 e. The van der Waals surface area contributed by atoms with E-state index in [0.717, 1.165) is 17.5 Å². The lowest BCUT2D eigenvalue weighted by molar-refractivity contribution is -0.140. The first kappa shape index (κ1) is 18.7. The highest BCUT2D eigenvalue weighted by Crippen LogP contribution is 2.40. The Morgan fingerprint density at radius 1 is 1.00 bits per heavy atom. The standard InChI is InChI=1S/C24H21NO4/c1-2-16-10-12-17(13-11-16)21-20(22(26)18-7-4-3-5-8-18)23(27)24(28)25(21)15-19-9-6-14-29-19/h3-14,21,26H,2,15H2,1H3/b22-20+. The molecule has 4 rings (SSSR count). The van der Waals surface area contributed by atoms with Crippen LogP contribution in [0.4, 0.5) is 0 Å². The van der Waals surface area contributed by atoms with Crippen molar-refractivity contribution in [1.82, 2.24) is 4.90 Å². The molecule has 146 valence electrons. The fourth-order valence-electron chi connectivity index (χ4n) is 3.65. The van der Waals surface area contributed by atoms with Crippen molar-refractivity contribution in [3.05, 3.63) is 101 Å². The summed E-state index contributed by atoms with van der Waals surface area (Å²) >= 11 is 0. The molecule has 1 aromatic heterocycles. The van der Waals surface area contributed by atoms with Gasteiger partial charge in [0.05, 0.1) is 24.4 Å². The zero-order valence-corrected chi connectivity index (χ0v) is 16.0. The van der Waals surface area contributed by atoms with Gasteiger partial charge in [-0.1, -0.05) is 61.5 Å². The normalized spacial score (nSPS) is 18.4. The van der Waals surface area contributed by atoms with Gasteiger partial charge in [-0.05, 0) is 29.7 Å². The third-order valence-electron chi connectivity index (χ3n) is 5.20. The topological polar surface area (TPSA) is 70.8 Å². The number of aliphatic hydroxyl groups is 1. The van der Waals surface area contributed by atoms with Crippen LogP contribution in [0.1, 0.15) is 35.4 Å². The molecule has 0 saturated carbocycles. The van der Waals surface area contributed by atoms with Crippen molar-refractivity contribution in [2.75, 3.05) is 0 Å². The highest BCUT2D eigenvalue weighted by Gasteiger charge is 2.46. The summed E-state index contributed by atoms with van der Waals surface area (Å²) in [5, 5.41) is 10.9. The molecule has 2 aromatic carbocycles. The van der Waals surface area contributed by atoms with Crippen LogP contribution in [-0.2, 0) is 22.6 Å². The summed E-state index contributed by atoms with van der Waals surface area (Å²) in [5.74, 6) is -0.942. The average molecular weight is 387 g/mol. The fourth-order valence-corrected chi connectivity index (χ4v) is 3.65. The Labute approximate surface area is 168 Å². The zero-order valence-electron chi connectivity index (χ0n) is 16.0. The molecular formula is C24H21NO4. The smallest absolute Gasteiger partial charge is 0.296 e. The van der Waals surface area contributed by atoms with Crippen molar-refractivity contribution < 1.29 is 19.1 Å². The number of Topliss-reactive ketones (excluding diaryl/α,β-unsaturated/α-hetero) is 1. The third kappa shape index (κ3) is 3.47. The molecule has 1 aliphatic heterocycles. The molecule has 1 fully saturated rings. The Bertz CT molecular complexity index is 1050. The minimum atomic E-state index is -0.692. The predicted molar refractivity (Wildman–Crippen MR) is 109 cm³/mol. The number of amides is 1. The van der Waals surface area contributed by atoms with E-state index in [2.05, 4.69) is 6.92 Å². The van der Waals surface area contributed by atoms with Crippen LogP contribution in [0.3, 0.4) is 0 Å². The van der Waals surface area contributed by atoms with E-state index in [1.54, 1.807) is 36.4 Å². The average Bonchev–Trinajstić information content (AvgIpc) is 3.36. The number of aliphatic hydroxyl groups excluding tert-OH is 1. The molecule has 5 heteroatoms. The maximum Gasteiger partial charge on any atom is 0.296 e. The molecule has 1 saturated heterocycles. The highest BCUT2D eigenvalue weighted by molar-refractivity contribution is 6.46. The van der Waals surface area contributed by atoms with Crippen molar-refractivity contribution >= 4 is 17.4 Å². The lowest BCUT2D eigenvalue weighted by Crippen LogP contribution is -2.29. The summed E-state index contributed by atoms with van der Waals surface area (Å²) in [6.07, 6.45) is 2.41. The first-order valence-corrected chi connectivity index (χ1v) is 9.55. The Hall–Kier alpha value is -3.60. The van der Waals surface area contributed by atoms with E-state index in [1.807, 2.05) is 30.3 Å². The van der Waals surface area contributed by atoms with Crippen molar-refractivity contribution in [1.29, 1.82) is 0 Å². The number of likely N-dealkylation sites (tertiary alicyclic amines) is 1. The van der Waals surface area contributed by atoms with Gasteiger partial charge in [-0.25, -0.2) is 0 Å². The van der Waals surface area contributed by atoms with Gasteiger partial charge >= 0.3 is 0 Å². The summed E-state index contributed by atoms with van der Waals surface area (Å²) in [5.41, 5.74) is 2.51. The molecule has 1 atom stereocenters. The minimum Gasteiger partial charge on any atom is -0.507 e. The minimum absolute atomic E-state index is 0.0944. The second kappa shape index (κ2) is 7.80. The summed E-state index contributed by atoms with van der Waals surface area (Å²) in [4.78, 5) is 27.3. The van der Waals surface area contributed by atoms with Crippen LogP contribution >= 0.6 is 0 Å². The number of carbonyl (C=O) groups is 2. The quantitative estimate of drug-likeness (QED) is 0.398. The van der Waals surface area contributed by atoms with Gasteiger partial charge in [-0.2, -0.15) is 0 Å². The van der Waals surface area contributed by atoms with Gasteiger partial charge in [-0.15, -0.1) is 0 Å². The second-order valence-corrected chi connectivity index (χ2v) is 6.97. The van der Waals surface area contributed by atoms with E-state index >= 15 is 0 Å². The molecule has 5 nitrogen and oxygen atoms in total. The second-order valence-electron chi connectivity index (χ2n) is 6.97. The number of furan rings is 1. The summed E-state index contributed by atoms with van der Waals surface area (Å²) in [6.45, 7) is 2.21. The number of ketones is 1. The maximum atomic E-state index is 12.9. The number of hydrogen-bond acceptors (Lipinski definition) is 4. The van der Waals surface area contributed by atoms with Crippen LogP contribution in [0.2, 0.25) is 0 Å². The van der Waals surface area contributed by atoms with E-state index in [4.69, 9.17) is 4.42 Å². The van der Waals surface area contributed by atoms with Crippen molar-refractivity contribution in [2.45, 2.75) is 25.9 Å². The number of aryl methyl sites for hydroxylation is 1. The molecule has 0 aliphatic carbocycles. The first-order valence-electron chi connectivity index (χ1n) is 9.55. The van der Waals surface area contributed by atoms with Crippen LogP contribution in [-0.4, -0.2) is 21.7 Å². The molecule has 0 radical (unpaired) electrons. The van der Waals surface area contributed by atoms with E-state index in [9.17, 15) is 14.7 Å². The zero-order chi connectivity index (χ0) is 20.4. The first-order chi connectivity index (χ1) is 14.1. The molecule has 1 N–H and O–H groups in total. The summed E-state index contributed by atoms with van der Waals surface area (Å²) in [7, 11) is 0. The van der Waals surface area contributed by atoms with Gasteiger partial charge in [-0.3, -0.25) is 9.59 Å². The van der Waals surface area contributed by atoms with E-state index in [0.29, 0.717) is 11.3 Å². The Kier molecular flexibility index (Phi) is 5.04. The molecule has 2 heterocycles. The van der Waals surface area contributed by atoms with Gasteiger partial charge in [0.2, 0.25) is 0 Å². The third-order valence-corrected chi connectivity index (χ3v) is 5.20. The predicted octanol–water partition coefficient (Wildman–Crippen LogP) is 4.46. The number of carbonyl (C=O) groups excluding carboxylic acids is 2. The van der Waals surface area contributed by atoms with Gasteiger partial charge in [0.15, 0.2) is 0 Å². The van der Waals surface area contributed by atoms with Crippen molar-refractivity contribution in [3.8, 4) is 0 Å². The lowest BCUT2D eigenvalue weighted by Gasteiger charge is -2.24. The van der Waals surface area contributed by atoms with Gasteiger partial charge in [0.25, 0.3) is 11.7 Å². The molecule has 1 aliphatic rings. The summed E-state index contributed by atoms with van der Waals surface area (Å²) < 4.78 is 5.40. The van der Waals surface area contributed by atoms with Crippen LogP contribution < -0.4 is 0 Å². The van der Waals surface area contributed by atoms with E-state index < -0.39 is 17.7 Å². The number of hydrogen-bond donors (Lipinski definition) is 1. The molecule has 0 bridgehead atoms. The van der Waals surface area contributed by atoms with Crippen LogP contribution in [0.25, 0.3) is 5.76 Å². The van der Waals surface area contributed by atoms with Crippen LogP contribution in [0, 0.1) is 0 Å². The SMILES string of the molecule is CCc1ccc(C2/C(=C(\O)c3ccccc3)C(=O)C(=O)N2Cc2ccco2)cc1. The van der Waals surface area contributed by atoms with Crippen molar-refractivity contribution in [2.24, 2.45) is 0 Å². The number of nitrogens with zero attached hydrogens (tertiary/aromatic N) is 1. The van der Waals surface area contributed by atoms with Gasteiger partial charge in [0.1, 0.15) is 11.5 Å². The number of benzene rings is 2. The maximum absolute atomic E-state index is 12.9. The molecular weight excluding hydrogens is 366 g/mol. The fraction of sp³-hybridized carbons (Fsp3) is 0.167. The van der Waals surface area contributed by atoms with Crippen LogP contribution in [0.5, 0.6) is 0 Å². The molecule has 3 aromatic rings. The molecule has 29 heavy (non-hydrogen) atoms. The van der Waals surface area contributed by atoms with Crippen molar-refractivity contribution in [3.63, 3.8) is 0 Å². The monoisotopic (exact) mass is 387 g/mol. The molecule has 1 unspecified atom stereocenters. The Morgan fingerprint density at radius 3 is 2.34 bits per heavy atom.